The monoisotopic (exact) mass is 153 g/mol. The van der Waals surface area contributed by atoms with Crippen LogP contribution in [0.3, 0.4) is 0 Å². The van der Waals surface area contributed by atoms with E-state index >= 15 is 0 Å². The van der Waals surface area contributed by atoms with E-state index in [0.717, 1.165) is 5.41 Å². The lowest BCUT2D eigenvalue weighted by Gasteiger charge is -2.34. The predicted molar refractivity (Wildman–Crippen MR) is 47.6 cm³/mol. The first-order valence-electron chi connectivity index (χ1n) is 5.07. The summed E-state index contributed by atoms with van der Waals surface area (Å²) in [4.78, 5) is 2.63. The lowest BCUT2D eigenvalue weighted by molar-refractivity contribution is 0.139. The van der Waals surface area contributed by atoms with Crippen LogP contribution in [0.15, 0.2) is 0 Å². The second-order valence-electron chi connectivity index (χ2n) is 4.38. The zero-order valence-electron chi connectivity index (χ0n) is 7.60. The van der Waals surface area contributed by atoms with Crippen molar-refractivity contribution in [1.29, 1.82) is 0 Å². The van der Waals surface area contributed by atoms with Gasteiger partial charge in [0.15, 0.2) is 0 Å². The van der Waals surface area contributed by atoms with Gasteiger partial charge in [0.1, 0.15) is 0 Å². The molecule has 0 amide bonds. The fourth-order valence-electron chi connectivity index (χ4n) is 2.21. The van der Waals surface area contributed by atoms with Crippen LogP contribution in [0.4, 0.5) is 0 Å². The first kappa shape index (κ1) is 7.60. The highest BCUT2D eigenvalue weighted by atomic mass is 15.2. The maximum atomic E-state index is 2.63. The molecule has 0 N–H and O–H groups in total. The second-order valence-corrected chi connectivity index (χ2v) is 4.38. The molecule has 0 atom stereocenters. The van der Waals surface area contributed by atoms with Crippen LogP contribution in [0, 0.1) is 5.41 Å². The molecule has 64 valence electrons. The van der Waals surface area contributed by atoms with E-state index in [0.29, 0.717) is 0 Å². The Kier molecular flexibility index (Phi) is 1.92. The molecule has 0 aromatic rings. The number of hydrogen-bond donors (Lipinski definition) is 0. The van der Waals surface area contributed by atoms with E-state index < -0.39 is 0 Å². The van der Waals surface area contributed by atoms with Gasteiger partial charge in [0.25, 0.3) is 0 Å². The summed E-state index contributed by atoms with van der Waals surface area (Å²) in [5.41, 5.74) is 0.801. The van der Waals surface area contributed by atoms with Crippen LogP contribution in [0.2, 0.25) is 0 Å². The van der Waals surface area contributed by atoms with Crippen molar-refractivity contribution >= 4 is 0 Å². The summed E-state index contributed by atoms with van der Waals surface area (Å²) < 4.78 is 0. The maximum Gasteiger partial charge on any atom is 0.00380 e. The predicted octanol–water partition coefficient (Wildman–Crippen LogP) is 2.27. The van der Waals surface area contributed by atoms with Crippen LogP contribution in [-0.4, -0.2) is 24.5 Å². The van der Waals surface area contributed by atoms with Crippen molar-refractivity contribution in [2.75, 3.05) is 19.6 Å². The fraction of sp³-hybridized carbons (Fsp3) is 1.00. The van der Waals surface area contributed by atoms with Crippen LogP contribution >= 0.6 is 0 Å². The Balaban J connectivity index is 1.74. The van der Waals surface area contributed by atoms with Gasteiger partial charge in [0.2, 0.25) is 0 Å². The molecule has 0 unspecified atom stereocenters. The molecule has 2 aliphatic rings. The zero-order chi connectivity index (χ0) is 7.73. The summed E-state index contributed by atoms with van der Waals surface area (Å²) in [5, 5.41) is 0. The average molecular weight is 153 g/mol. The maximum absolute atomic E-state index is 2.63. The molecular formula is C10H19N. The fourth-order valence-corrected chi connectivity index (χ4v) is 2.21. The van der Waals surface area contributed by atoms with E-state index in [2.05, 4.69) is 11.8 Å². The first-order chi connectivity index (χ1) is 5.35. The van der Waals surface area contributed by atoms with Gasteiger partial charge in [-0.2, -0.15) is 0 Å². The molecular weight excluding hydrogens is 134 g/mol. The highest BCUT2D eigenvalue weighted by molar-refractivity contribution is 4.96. The quantitative estimate of drug-likeness (QED) is 0.599. The summed E-state index contributed by atoms with van der Waals surface area (Å²) >= 11 is 0. The van der Waals surface area contributed by atoms with E-state index in [1.807, 2.05) is 0 Å². The summed E-state index contributed by atoms with van der Waals surface area (Å²) in [7, 11) is 0. The van der Waals surface area contributed by atoms with E-state index in [1.165, 1.54) is 51.7 Å². The van der Waals surface area contributed by atoms with Gasteiger partial charge in [0.05, 0.1) is 0 Å². The third kappa shape index (κ3) is 1.58. The summed E-state index contributed by atoms with van der Waals surface area (Å²) in [6.07, 6.45) is 7.33. The Morgan fingerprint density at radius 2 is 2.00 bits per heavy atom. The topological polar surface area (TPSA) is 3.24 Å². The van der Waals surface area contributed by atoms with Gasteiger partial charge in [-0.05, 0) is 44.2 Å². The Morgan fingerprint density at radius 3 is 2.36 bits per heavy atom. The van der Waals surface area contributed by atoms with Crippen molar-refractivity contribution in [3.8, 4) is 0 Å². The Hall–Kier alpha value is -0.0400. The van der Waals surface area contributed by atoms with Gasteiger partial charge < -0.3 is 4.90 Å². The molecule has 0 bridgehead atoms. The lowest BCUT2D eigenvalue weighted by Crippen LogP contribution is -2.41. The van der Waals surface area contributed by atoms with Gasteiger partial charge in [-0.1, -0.05) is 13.3 Å². The highest BCUT2D eigenvalue weighted by Crippen LogP contribution is 2.50. The highest BCUT2D eigenvalue weighted by Gasteiger charge is 2.43. The molecule has 1 saturated carbocycles. The average Bonchev–Trinajstić information content (AvgIpc) is 2.62. The van der Waals surface area contributed by atoms with Gasteiger partial charge in [0, 0.05) is 6.54 Å². The summed E-state index contributed by atoms with van der Waals surface area (Å²) in [6.45, 7) is 6.49. The lowest BCUT2D eigenvalue weighted by atomic mass is 9.98. The van der Waals surface area contributed by atoms with Crippen molar-refractivity contribution in [3.05, 3.63) is 0 Å². The van der Waals surface area contributed by atoms with Gasteiger partial charge >= 0.3 is 0 Å². The molecule has 0 aromatic carbocycles. The van der Waals surface area contributed by atoms with Crippen LogP contribution in [0.5, 0.6) is 0 Å². The summed E-state index contributed by atoms with van der Waals surface area (Å²) in [6, 6.07) is 0. The minimum Gasteiger partial charge on any atom is -0.303 e. The van der Waals surface area contributed by atoms with E-state index in [-0.39, 0.29) is 0 Å². The van der Waals surface area contributed by atoms with Crippen molar-refractivity contribution in [2.45, 2.75) is 39.0 Å². The van der Waals surface area contributed by atoms with Crippen LogP contribution < -0.4 is 0 Å². The molecule has 2 fully saturated rings. The normalized spacial score (nSPS) is 28.1. The molecule has 2 rings (SSSR count). The van der Waals surface area contributed by atoms with Crippen LogP contribution in [-0.2, 0) is 0 Å². The van der Waals surface area contributed by atoms with Crippen molar-refractivity contribution in [3.63, 3.8) is 0 Å². The third-order valence-corrected chi connectivity index (χ3v) is 3.25. The molecule has 1 saturated heterocycles. The number of nitrogens with zero attached hydrogens (tertiary/aromatic N) is 1. The van der Waals surface area contributed by atoms with Gasteiger partial charge in [-0.25, -0.2) is 0 Å². The molecule has 1 heteroatoms. The second kappa shape index (κ2) is 2.78. The van der Waals surface area contributed by atoms with Crippen molar-refractivity contribution in [1.82, 2.24) is 4.90 Å². The van der Waals surface area contributed by atoms with Gasteiger partial charge in [-0.15, -0.1) is 0 Å². The third-order valence-electron chi connectivity index (χ3n) is 3.25. The van der Waals surface area contributed by atoms with E-state index in [9.17, 15) is 0 Å². The number of rotatable bonds is 4. The molecule has 1 heterocycles. The Labute approximate surface area is 69.8 Å². The Morgan fingerprint density at radius 1 is 1.27 bits per heavy atom. The molecule has 1 aliphatic carbocycles. The van der Waals surface area contributed by atoms with Crippen LogP contribution in [0.25, 0.3) is 0 Å². The number of likely N-dealkylation sites (tertiary alicyclic amines) is 1. The van der Waals surface area contributed by atoms with Gasteiger partial charge in [-0.3, -0.25) is 0 Å². The first-order valence-corrected chi connectivity index (χ1v) is 5.07. The SMILES string of the molecule is CCCC1(CN2CCC2)CC1. The molecule has 0 aromatic heterocycles. The minimum atomic E-state index is 0.801. The van der Waals surface area contributed by atoms with Crippen LogP contribution in [0.1, 0.15) is 39.0 Å². The molecule has 1 nitrogen and oxygen atoms in total. The number of hydrogen-bond acceptors (Lipinski definition) is 1. The smallest absolute Gasteiger partial charge is 0.00380 e. The van der Waals surface area contributed by atoms with Crippen molar-refractivity contribution < 1.29 is 0 Å². The largest absolute Gasteiger partial charge is 0.303 e. The zero-order valence-corrected chi connectivity index (χ0v) is 7.60. The minimum absolute atomic E-state index is 0.801. The molecule has 11 heavy (non-hydrogen) atoms. The van der Waals surface area contributed by atoms with Crippen molar-refractivity contribution in [2.24, 2.45) is 5.41 Å². The molecule has 0 spiro atoms. The molecule has 1 aliphatic heterocycles. The summed E-state index contributed by atoms with van der Waals surface area (Å²) in [5.74, 6) is 0. The van der Waals surface area contributed by atoms with E-state index in [4.69, 9.17) is 0 Å². The standard InChI is InChI=1S/C10H19N/c1-2-4-10(5-6-10)9-11-7-3-8-11/h2-9H2,1H3. The van der Waals surface area contributed by atoms with E-state index in [1.54, 1.807) is 0 Å². The Bertz CT molecular complexity index is 134. The molecule has 0 radical (unpaired) electrons.